The number of benzene rings is 2. The first-order chi connectivity index (χ1) is 10.5. The first-order valence-corrected chi connectivity index (χ1v) is 8.22. The summed E-state index contributed by atoms with van der Waals surface area (Å²) in [6.45, 7) is -0.382. The van der Waals surface area contributed by atoms with Crippen LogP contribution in [0, 0.1) is 11.3 Å². The van der Waals surface area contributed by atoms with E-state index in [2.05, 4.69) is 4.72 Å². The molecule has 0 saturated carbocycles. The molecule has 0 aliphatic rings. The van der Waals surface area contributed by atoms with Crippen LogP contribution < -0.4 is 4.72 Å². The van der Waals surface area contributed by atoms with Crippen molar-refractivity contribution in [2.75, 3.05) is 6.61 Å². The molecular weight excluding hydrogens is 324 g/mol. The Hall–Kier alpha value is -1.91. The van der Waals surface area contributed by atoms with Crippen LogP contribution >= 0.6 is 11.6 Å². The van der Waals surface area contributed by atoms with Crippen molar-refractivity contribution in [1.29, 1.82) is 5.26 Å². The summed E-state index contributed by atoms with van der Waals surface area (Å²) in [5, 5.41) is 18.3. The number of aliphatic hydroxyl groups excluding tert-OH is 1. The summed E-state index contributed by atoms with van der Waals surface area (Å²) in [7, 11) is -3.87. The van der Waals surface area contributed by atoms with Crippen LogP contribution in [0.2, 0.25) is 5.02 Å². The van der Waals surface area contributed by atoms with E-state index in [0.29, 0.717) is 5.56 Å². The smallest absolute Gasteiger partial charge is 0.241 e. The summed E-state index contributed by atoms with van der Waals surface area (Å²) in [6.07, 6.45) is 0. The molecule has 0 saturated heterocycles. The Balaban J connectivity index is 2.31. The molecule has 2 aromatic rings. The van der Waals surface area contributed by atoms with Gasteiger partial charge in [-0.1, -0.05) is 41.9 Å². The largest absolute Gasteiger partial charge is 0.394 e. The maximum atomic E-state index is 12.4. The van der Waals surface area contributed by atoms with E-state index in [1.165, 1.54) is 18.2 Å². The maximum absolute atomic E-state index is 12.4. The number of nitriles is 1. The number of hydrogen-bond donors (Lipinski definition) is 2. The van der Waals surface area contributed by atoms with Gasteiger partial charge in [0.2, 0.25) is 10.0 Å². The van der Waals surface area contributed by atoms with Crippen LogP contribution in [0.3, 0.4) is 0 Å². The fourth-order valence-corrected chi connectivity index (χ4v) is 3.43. The first-order valence-electron chi connectivity index (χ1n) is 6.35. The van der Waals surface area contributed by atoms with E-state index >= 15 is 0 Å². The maximum Gasteiger partial charge on any atom is 0.241 e. The van der Waals surface area contributed by atoms with Crippen LogP contribution in [-0.4, -0.2) is 20.1 Å². The van der Waals surface area contributed by atoms with Crippen LogP contribution in [-0.2, 0) is 10.0 Å². The minimum atomic E-state index is -3.87. The molecule has 7 heteroatoms. The summed E-state index contributed by atoms with van der Waals surface area (Å²) >= 11 is 5.86. The van der Waals surface area contributed by atoms with Crippen molar-refractivity contribution < 1.29 is 13.5 Å². The molecule has 1 unspecified atom stereocenters. The second-order valence-corrected chi connectivity index (χ2v) is 6.64. The van der Waals surface area contributed by atoms with Gasteiger partial charge in [-0.2, -0.15) is 5.26 Å². The lowest BCUT2D eigenvalue weighted by atomic mass is 10.1. The van der Waals surface area contributed by atoms with Gasteiger partial charge in [0.1, 0.15) is 6.07 Å². The lowest BCUT2D eigenvalue weighted by Gasteiger charge is -2.17. The zero-order chi connectivity index (χ0) is 16.2. The van der Waals surface area contributed by atoms with E-state index in [4.69, 9.17) is 16.9 Å². The summed E-state index contributed by atoms with van der Waals surface area (Å²) in [5.41, 5.74) is 0.843. The number of rotatable bonds is 5. The van der Waals surface area contributed by atoms with E-state index in [1.807, 2.05) is 6.07 Å². The summed E-state index contributed by atoms with van der Waals surface area (Å²) in [4.78, 5) is -0.0640. The highest BCUT2D eigenvalue weighted by atomic mass is 35.5. The molecular formula is C15H13ClN2O3S. The van der Waals surface area contributed by atoms with Crippen LogP contribution in [0.4, 0.5) is 0 Å². The molecule has 0 aliphatic carbocycles. The van der Waals surface area contributed by atoms with E-state index in [-0.39, 0.29) is 22.1 Å². The second-order valence-electron chi connectivity index (χ2n) is 4.52. The number of hydrogen-bond acceptors (Lipinski definition) is 4. The Morgan fingerprint density at radius 1 is 1.23 bits per heavy atom. The van der Waals surface area contributed by atoms with Gasteiger partial charge in [0.15, 0.2) is 0 Å². The topological polar surface area (TPSA) is 90.2 Å². The third-order valence-electron chi connectivity index (χ3n) is 3.05. The molecule has 0 bridgehead atoms. The first kappa shape index (κ1) is 16.5. The number of sulfonamides is 1. The third-order valence-corrected chi connectivity index (χ3v) is 4.84. The molecule has 1 atom stereocenters. The number of aliphatic hydroxyl groups is 1. The van der Waals surface area contributed by atoms with E-state index in [9.17, 15) is 13.5 Å². The zero-order valence-corrected chi connectivity index (χ0v) is 13.0. The average Bonchev–Trinajstić information content (AvgIpc) is 2.53. The zero-order valence-electron chi connectivity index (χ0n) is 11.4. The van der Waals surface area contributed by atoms with Gasteiger partial charge >= 0.3 is 0 Å². The second kappa shape index (κ2) is 6.90. The van der Waals surface area contributed by atoms with Crippen LogP contribution in [0.1, 0.15) is 17.2 Å². The third kappa shape index (κ3) is 3.64. The van der Waals surface area contributed by atoms with Crippen molar-refractivity contribution in [3.8, 4) is 6.07 Å². The van der Waals surface area contributed by atoms with Gasteiger partial charge in [-0.15, -0.1) is 0 Å². The normalized spacial score (nSPS) is 12.6. The highest BCUT2D eigenvalue weighted by molar-refractivity contribution is 7.89. The number of halogens is 1. The Labute approximate surface area is 133 Å². The SMILES string of the molecule is N#Cc1ccc(S(=O)(=O)NC(CO)c2ccccc2)cc1Cl. The molecule has 0 aromatic heterocycles. The molecule has 0 heterocycles. The number of nitrogens with one attached hydrogen (secondary N) is 1. The Morgan fingerprint density at radius 2 is 1.91 bits per heavy atom. The van der Waals surface area contributed by atoms with Crippen LogP contribution in [0.15, 0.2) is 53.4 Å². The molecule has 2 rings (SSSR count). The van der Waals surface area contributed by atoms with Crippen molar-refractivity contribution in [2.45, 2.75) is 10.9 Å². The van der Waals surface area contributed by atoms with Gasteiger partial charge < -0.3 is 5.11 Å². The molecule has 0 spiro atoms. The summed E-state index contributed by atoms with van der Waals surface area (Å²) in [6, 6.07) is 13.7. The van der Waals surface area contributed by atoms with Crippen molar-refractivity contribution in [3.05, 3.63) is 64.7 Å². The monoisotopic (exact) mass is 336 g/mol. The summed E-state index contributed by atoms with van der Waals surface area (Å²) < 4.78 is 27.1. The van der Waals surface area contributed by atoms with E-state index in [1.54, 1.807) is 30.3 Å². The Bertz CT molecular complexity index is 801. The van der Waals surface area contributed by atoms with Gasteiger partial charge in [0, 0.05) is 0 Å². The van der Waals surface area contributed by atoms with Gasteiger partial charge in [-0.05, 0) is 23.8 Å². The Kier molecular flexibility index (Phi) is 5.16. The molecule has 0 amide bonds. The molecule has 0 fully saturated rings. The van der Waals surface area contributed by atoms with Crippen molar-refractivity contribution in [1.82, 2.24) is 4.72 Å². The molecule has 2 aromatic carbocycles. The fraction of sp³-hybridized carbons (Fsp3) is 0.133. The predicted molar refractivity (Wildman–Crippen MR) is 82.8 cm³/mol. The minimum Gasteiger partial charge on any atom is -0.394 e. The number of nitrogens with zero attached hydrogens (tertiary/aromatic N) is 1. The van der Waals surface area contributed by atoms with Gasteiger partial charge in [-0.3, -0.25) is 0 Å². The van der Waals surface area contributed by atoms with E-state index < -0.39 is 16.1 Å². The fourth-order valence-electron chi connectivity index (χ4n) is 1.91. The Morgan fingerprint density at radius 3 is 2.45 bits per heavy atom. The van der Waals surface area contributed by atoms with Crippen molar-refractivity contribution in [2.24, 2.45) is 0 Å². The molecule has 5 nitrogen and oxygen atoms in total. The minimum absolute atomic E-state index is 0.0608. The van der Waals surface area contributed by atoms with E-state index in [0.717, 1.165) is 0 Å². The van der Waals surface area contributed by atoms with Gasteiger partial charge in [-0.25, -0.2) is 13.1 Å². The lowest BCUT2D eigenvalue weighted by molar-refractivity contribution is 0.259. The predicted octanol–water partition coefficient (Wildman–Crippen LogP) is 2.22. The van der Waals surface area contributed by atoms with Crippen LogP contribution in [0.25, 0.3) is 0 Å². The quantitative estimate of drug-likeness (QED) is 0.876. The van der Waals surface area contributed by atoms with Gasteiger partial charge in [0.05, 0.1) is 28.1 Å². The molecule has 2 N–H and O–H groups in total. The summed E-state index contributed by atoms with van der Waals surface area (Å²) in [5.74, 6) is 0. The molecule has 0 radical (unpaired) electrons. The average molecular weight is 337 g/mol. The standard InChI is InChI=1S/C15H13ClN2O3S/c16-14-8-13(7-6-12(14)9-17)22(20,21)18-15(10-19)11-4-2-1-3-5-11/h1-8,15,18-19H,10H2. The molecule has 114 valence electrons. The van der Waals surface area contributed by atoms with Crippen molar-refractivity contribution >= 4 is 21.6 Å². The molecule has 22 heavy (non-hydrogen) atoms. The highest BCUT2D eigenvalue weighted by Crippen LogP contribution is 2.22. The van der Waals surface area contributed by atoms with Crippen LogP contribution in [0.5, 0.6) is 0 Å². The van der Waals surface area contributed by atoms with Crippen molar-refractivity contribution in [3.63, 3.8) is 0 Å². The lowest BCUT2D eigenvalue weighted by Crippen LogP contribution is -2.30. The van der Waals surface area contributed by atoms with Gasteiger partial charge in [0.25, 0.3) is 0 Å². The molecule has 0 aliphatic heterocycles. The highest BCUT2D eigenvalue weighted by Gasteiger charge is 2.21.